The molecule has 6 heteroatoms. The molecule has 0 radical (unpaired) electrons. The molecule has 2 saturated carbocycles. The number of guanidine groups is 1. The van der Waals surface area contributed by atoms with E-state index in [-0.39, 0.29) is 35.5 Å². The molecule has 1 saturated heterocycles. The second kappa shape index (κ2) is 7.92. The van der Waals surface area contributed by atoms with Crippen molar-refractivity contribution < 1.29 is 9.47 Å². The molecule has 3 N–H and O–H groups in total. The molecule has 1 aliphatic heterocycles. The number of anilines is 1. The van der Waals surface area contributed by atoms with Crippen LogP contribution in [0.15, 0.2) is 29.3 Å². The Labute approximate surface area is 173 Å². The van der Waals surface area contributed by atoms with E-state index in [4.69, 9.17) is 20.2 Å². The molecular formula is C20H30IN3O2. The van der Waals surface area contributed by atoms with E-state index in [1.165, 1.54) is 25.7 Å². The quantitative estimate of drug-likeness (QED) is 0.393. The number of hydrogen-bond donors (Lipinski definition) is 2. The molecule has 4 rings (SSSR count). The number of aliphatic imine (C=N–C) groups is 1. The number of nitrogens with two attached hydrogens (primary N) is 1. The van der Waals surface area contributed by atoms with Crippen LogP contribution in [0.2, 0.25) is 0 Å². The van der Waals surface area contributed by atoms with Crippen LogP contribution in [0.1, 0.15) is 46.0 Å². The summed E-state index contributed by atoms with van der Waals surface area (Å²) in [5.41, 5.74) is 7.43. The third kappa shape index (κ3) is 3.54. The smallest absolute Gasteiger partial charge is 0.193 e. The van der Waals surface area contributed by atoms with Crippen molar-refractivity contribution in [2.75, 3.05) is 11.9 Å². The lowest BCUT2D eigenvalue weighted by atomic mass is 9.54. The number of fused-ring (bicyclic) bond motifs is 2. The summed E-state index contributed by atoms with van der Waals surface area (Å²) in [7, 11) is 0. The van der Waals surface area contributed by atoms with Gasteiger partial charge in [0.05, 0.1) is 18.2 Å². The highest BCUT2D eigenvalue weighted by molar-refractivity contribution is 14.0. The van der Waals surface area contributed by atoms with Gasteiger partial charge in [0.2, 0.25) is 0 Å². The number of halogens is 1. The minimum atomic E-state index is 0. The fourth-order valence-electron chi connectivity index (χ4n) is 5.05. The second-order valence-corrected chi connectivity index (χ2v) is 7.96. The van der Waals surface area contributed by atoms with Gasteiger partial charge < -0.3 is 20.5 Å². The monoisotopic (exact) mass is 471 g/mol. The Hall–Kier alpha value is -1.02. The maximum Gasteiger partial charge on any atom is 0.193 e. The van der Waals surface area contributed by atoms with Gasteiger partial charge in [0, 0.05) is 23.6 Å². The van der Waals surface area contributed by atoms with Crippen LogP contribution in [0, 0.1) is 11.3 Å². The number of nitrogens with zero attached hydrogens (tertiary/aromatic N) is 1. The van der Waals surface area contributed by atoms with Crippen LogP contribution in [0.4, 0.5) is 5.69 Å². The van der Waals surface area contributed by atoms with Crippen LogP contribution < -0.4 is 15.8 Å². The molecular weight excluding hydrogens is 441 g/mol. The van der Waals surface area contributed by atoms with Gasteiger partial charge in [-0.3, -0.25) is 0 Å². The Bertz CT molecular complexity index is 641. The summed E-state index contributed by atoms with van der Waals surface area (Å²) in [6.45, 7) is 4.93. The highest BCUT2D eigenvalue weighted by Gasteiger charge is 2.65. The van der Waals surface area contributed by atoms with Gasteiger partial charge in [0.1, 0.15) is 5.75 Å². The average molecular weight is 471 g/mol. The van der Waals surface area contributed by atoms with Gasteiger partial charge >= 0.3 is 0 Å². The first-order valence-electron chi connectivity index (χ1n) is 9.57. The summed E-state index contributed by atoms with van der Waals surface area (Å²) in [6, 6.07) is 8.19. The van der Waals surface area contributed by atoms with Crippen LogP contribution in [-0.2, 0) is 4.74 Å². The van der Waals surface area contributed by atoms with Crippen molar-refractivity contribution in [3.8, 4) is 5.75 Å². The Morgan fingerprint density at radius 2 is 1.96 bits per heavy atom. The van der Waals surface area contributed by atoms with Crippen LogP contribution in [0.25, 0.3) is 0 Å². The number of rotatable bonds is 4. The maximum atomic E-state index is 6.24. The summed E-state index contributed by atoms with van der Waals surface area (Å²) in [5, 5.41) is 3.24. The molecule has 0 amide bonds. The third-order valence-electron chi connectivity index (χ3n) is 6.01. The van der Waals surface area contributed by atoms with Gasteiger partial charge in [-0.05, 0) is 57.4 Å². The Morgan fingerprint density at radius 1 is 1.27 bits per heavy atom. The molecule has 3 atom stereocenters. The van der Waals surface area contributed by atoms with Crippen LogP contribution in [-0.4, -0.2) is 30.8 Å². The lowest BCUT2D eigenvalue weighted by molar-refractivity contribution is -0.117. The van der Waals surface area contributed by atoms with Crippen LogP contribution in [0.5, 0.6) is 5.75 Å². The van der Waals surface area contributed by atoms with Crippen molar-refractivity contribution in [2.45, 2.75) is 64.2 Å². The van der Waals surface area contributed by atoms with Gasteiger partial charge in [0.25, 0.3) is 0 Å². The van der Waals surface area contributed by atoms with E-state index < -0.39 is 0 Å². The zero-order chi connectivity index (χ0) is 17.4. The summed E-state index contributed by atoms with van der Waals surface area (Å²) < 4.78 is 11.7. The van der Waals surface area contributed by atoms with E-state index in [1.54, 1.807) is 0 Å². The number of ether oxygens (including phenoxy) is 2. The first-order chi connectivity index (χ1) is 12.1. The van der Waals surface area contributed by atoms with Gasteiger partial charge in [-0.25, -0.2) is 4.99 Å². The molecule has 26 heavy (non-hydrogen) atoms. The molecule has 3 unspecified atom stereocenters. The van der Waals surface area contributed by atoms with Crippen molar-refractivity contribution in [3.63, 3.8) is 0 Å². The van der Waals surface area contributed by atoms with E-state index in [0.717, 1.165) is 24.5 Å². The summed E-state index contributed by atoms with van der Waals surface area (Å²) >= 11 is 0. The number of hydrogen-bond acceptors (Lipinski definition) is 3. The highest BCUT2D eigenvalue weighted by atomic mass is 127. The molecule has 1 spiro atoms. The Balaban J connectivity index is 0.00000196. The highest BCUT2D eigenvalue weighted by Crippen LogP contribution is 2.62. The van der Waals surface area contributed by atoms with Crippen molar-refractivity contribution in [1.29, 1.82) is 0 Å². The molecule has 0 bridgehead atoms. The Morgan fingerprint density at radius 3 is 2.62 bits per heavy atom. The second-order valence-electron chi connectivity index (χ2n) is 7.96. The predicted molar refractivity (Wildman–Crippen MR) is 115 cm³/mol. The van der Waals surface area contributed by atoms with E-state index in [9.17, 15) is 0 Å². The minimum absolute atomic E-state index is 0. The summed E-state index contributed by atoms with van der Waals surface area (Å²) in [6.07, 6.45) is 6.77. The molecule has 1 heterocycles. The third-order valence-corrected chi connectivity index (χ3v) is 6.01. The first kappa shape index (κ1) is 19.7. The number of benzene rings is 1. The van der Waals surface area contributed by atoms with Gasteiger partial charge in [-0.2, -0.15) is 0 Å². The zero-order valence-electron chi connectivity index (χ0n) is 15.6. The van der Waals surface area contributed by atoms with Crippen LogP contribution >= 0.6 is 24.0 Å². The van der Waals surface area contributed by atoms with Crippen molar-refractivity contribution in [2.24, 2.45) is 22.1 Å². The normalized spacial score (nSPS) is 29.2. The Kier molecular flexibility index (Phi) is 6.01. The van der Waals surface area contributed by atoms with Crippen LogP contribution in [0.3, 0.4) is 0 Å². The average Bonchev–Trinajstić information content (AvgIpc) is 3.22. The molecule has 0 aromatic heterocycles. The van der Waals surface area contributed by atoms with Gasteiger partial charge in [0.15, 0.2) is 5.96 Å². The molecule has 5 nitrogen and oxygen atoms in total. The summed E-state index contributed by atoms with van der Waals surface area (Å²) in [4.78, 5) is 4.90. The summed E-state index contributed by atoms with van der Waals surface area (Å²) in [5.74, 6) is 1.94. The predicted octanol–water partition coefficient (Wildman–Crippen LogP) is 4.17. The topological polar surface area (TPSA) is 68.9 Å². The largest absolute Gasteiger partial charge is 0.491 e. The molecule has 144 valence electrons. The van der Waals surface area contributed by atoms with E-state index >= 15 is 0 Å². The van der Waals surface area contributed by atoms with Gasteiger partial charge in [-0.15, -0.1) is 24.0 Å². The van der Waals surface area contributed by atoms with Gasteiger partial charge in [-0.1, -0.05) is 12.8 Å². The zero-order valence-corrected chi connectivity index (χ0v) is 17.9. The standard InChI is InChI=1S/C20H29N3O2.HI/c1-13(2)25-15-7-5-14(6-8-15)22-19(21)23-17-16-9-12-24-18(16)20(17)10-3-4-11-20;/h5-8,13,16-18H,3-4,9-12H2,1-2H3,(H3,21,22,23);1H. The fourth-order valence-corrected chi connectivity index (χ4v) is 5.05. The fraction of sp³-hybridized carbons (Fsp3) is 0.650. The molecule has 3 aliphatic rings. The lowest BCUT2D eigenvalue weighted by Crippen LogP contribution is -2.61. The number of nitrogens with one attached hydrogen (secondary N) is 1. The molecule has 1 aromatic carbocycles. The molecule has 2 aliphatic carbocycles. The van der Waals surface area contributed by atoms with Crippen molar-refractivity contribution in [3.05, 3.63) is 24.3 Å². The van der Waals surface area contributed by atoms with Crippen molar-refractivity contribution in [1.82, 2.24) is 0 Å². The van der Waals surface area contributed by atoms with E-state index in [0.29, 0.717) is 24.0 Å². The molecule has 1 aromatic rings. The maximum absolute atomic E-state index is 6.24. The van der Waals surface area contributed by atoms with E-state index in [1.807, 2.05) is 38.1 Å². The SMILES string of the molecule is CC(C)Oc1ccc(NC(N)=NC2C3CCOC3C23CCCC3)cc1.I. The first-order valence-corrected chi connectivity index (χ1v) is 9.57. The lowest BCUT2D eigenvalue weighted by Gasteiger charge is -2.54. The van der Waals surface area contributed by atoms with E-state index in [2.05, 4.69) is 5.32 Å². The van der Waals surface area contributed by atoms with Crippen molar-refractivity contribution >= 4 is 35.6 Å². The molecule has 3 fully saturated rings. The minimum Gasteiger partial charge on any atom is -0.491 e.